The van der Waals surface area contributed by atoms with Crippen molar-refractivity contribution < 1.29 is 4.74 Å². The van der Waals surface area contributed by atoms with Crippen molar-refractivity contribution in [2.24, 2.45) is 0 Å². The van der Waals surface area contributed by atoms with E-state index in [-0.39, 0.29) is 12.1 Å². The fourth-order valence-electron chi connectivity index (χ4n) is 4.97. The number of morpholine rings is 1. The van der Waals surface area contributed by atoms with Crippen LogP contribution in [0, 0.1) is 13.8 Å². The Balaban J connectivity index is 1.56. The third-order valence-corrected chi connectivity index (χ3v) is 6.91. The Morgan fingerprint density at radius 2 is 1.97 bits per heavy atom. The molecule has 2 aliphatic heterocycles. The maximum Gasteiger partial charge on any atom is 0.170 e. The Bertz CT molecular complexity index is 878. The summed E-state index contributed by atoms with van der Waals surface area (Å²) in [5, 5.41) is 4.40. The number of hydrogen-bond donors (Lipinski definition) is 1. The minimum absolute atomic E-state index is 0.0718. The van der Waals surface area contributed by atoms with Gasteiger partial charge in [0.2, 0.25) is 0 Å². The third-order valence-electron chi connectivity index (χ3n) is 6.55. The van der Waals surface area contributed by atoms with Gasteiger partial charge >= 0.3 is 0 Å². The van der Waals surface area contributed by atoms with E-state index in [0.29, 0.717) is 0 Å². The van der Waals surface area contributed by atoms with Gasteiger partial charge in [-0.25, -0.2) is 0 Å². The zero-order valence-corrected chi connectivity index (χ0v) is 19.8. The molecule has 6 nitrogen and oxygen atoms in total. The molecule has 7 heteroatoms. The van der Waals surface area contributed by atoms with Crippen molar-refractivity contribution in [2.45, 2.75) is 52.2 Å². The van der Waals surface area contributed by atoms with Gasteiger partial charge in [0.05, 0.1) is 31.0 Å². The molecule has 2 atom stereocenters. The molecular formula is C24H35N5OS. The number of nitrogens with one attached hydrogen (secondary N) is 1. The molecule has 0 bridgehead atoms. The van der Waals surface area contributed by atoms with E-state index >= 15 is 0 Å². The summed E-state index contributed by atoms with van der Waals surface area (Å²) in [6.07, 6.45) is 4.08. The minimum atomic E-state index is 0.0718. The fourth-order valence-corrected chi connectivity index (χ4v) is 5.31. The molecule has 0 spiro atoms. The van der Waals surface area contributed by atoms with Gasteiger partial charge in [0.15, 0.2) is 5.11 Å². The zero-order valence-electron chi connectivity index (χ0n) is 19.0. The highest BCUT2D eigenvalue weighted by Gasteiger charge is 2.40. The minimum Gasteiger partial charge on any atom is -0.379 e. The lowest BCUT2D eigenvalue weighted by molar-refractivity contribution is 0.0369. The number of aryl methyl sites for hydroxylation is 1. The van der Waals surface area contributed by atoms with E-state index in [2.05, 4.69) is 63.6 Å². The number of hydrogen-bond acceptors (Lipinski definition) is 4. The van der Waals surface area contributed by atoms with E-state index < -0.39 is 0 Å². The van der Waals surface area contributed by atoms with Gasteiger partial charge in [-0.15, -0.1) is 0 Å². The van der Waals surface area contributed by atoms with Crippen LogP contribution >= 0.6 is 12.2 Å². The van der Waals surface area contributed by atoms with Gasteiger partial charge in [0, 0.05) is 50.3 Å². The Morgan fingerprint density at radius 1 is 1.16 bits per heavy atom. The quantitative estimate of drug-likeness (QED) is 0.632. The Kier molecular flexibility index (Phi) is 7.25. The van der Waals surface area contributed by atoms with Crippen LogP contribution in [0.15, 0.2) is 30.5 Å². The van der Waals surface area contributed by atoms with Crippen LogP contribution in [0.25, 0.3) is 0 Å². The summed E-state index contributed by atoms with van der Waals surface area (Å²) in [4.78, 5) is 9.52. The second-order valence-corrected chi connectivity index (χ2v) is 8.99. The normalized spacial score (nSPS) is 22.2. The van der Waals surface area contributed by atoms with Gasteiger partial charge in [-0.2, -0.15) is 0 Å². The number of ether oxygens (including phenoxy) is 1. The first-order valence-electron chi connectivity index (χ1n) is 11.5. The first kappa shape index (κ1) is 22.2. The lowest BCUT2D eigenvalue weighted by Gasteiger charge is -2.28. The molecule has 0 aliphatic carbocycles. The molecular weight excluding hydrogens is 406 g/mol. The summed E-state index contributed by atoms with van der Waals surface area (Å²) in [6, 6.07) is 8.73. The second-order valence-electron chi connectivity index (χ2n) is 8.61. The average Bonchev–Trinajstić information content (AvgIpc) is 3.26. The van der Waals surface area contributed by atoms with Crippen LogP contribution in [0.1, 0.15) is 54.5 Å². The average molecular weight is 442 g/mol. The molecule has 0 saturated carbocycles. The molecule has 4 heterocycles. The molecule has 0 radical (unpaired) electrons. The van der Waals surface area contributed by atoms with Crippen molar-refractivity contribution in [3.8, 4) is 0 Å². The highest BCUT2D eigenvalue weighted by atomic mass is 32.1. The van der Waals surface area contributed by atoms with Gasteiger partial charge in [-0.05, 0) is 62.7 Å². The lowest BCUT2D eigenvalue weighted by Crippen LogP contribution is -2.37. The van der Waals surface area contributed by atoms with Gasteiger partial charge < -0.3 is 19.5 Å². The van der Waals surface area contributed by atoms with Crippen molar-refractivity contribution in [3.05, 3.63) is 53.1 Å². The summed E-state index contributed by atoms with van der Waals surface area (Å²) in [7, 11) is 0. The summed E-state index contributed by atoms with van der Waals surface area (Å²) >= 11 is 5.75. The SMILES string of the molecule is CCCN1C(=S)N[C@@H](c2ccccn2)[C@H]1c1cc(C)n(CCCN2CCOCC2)c1C. The zero-order chi connectivity index (χ0) is 21.8. The van der Waals surface area contributed by atoms with Crippen LogP contribution in [-0.2, 0) is 11.3 Å². The maximum absolute atomic E-state index is 5.75. The van der Waals surface area contributed by atoms with E-state index in [9.17, 15) is 0 Å². The van der Waals surface area contributed by atoms with Crippen LogP contribution in [0.2, 0.25) is 0 Å². The van der Waals surface area contributed by atoms with Crippen LogP contribution in [0.4, 0.5) is 0 Å². The highest BCUT2D eigenvalue weighted by Crippen LogP contribution is 2.40. The second kappa shape index (κ2) is 10.1. The number of nitrogens with zero attached hydrogens (tertiary/aromatic N) is 4. The van der Waals surface area contributed by atoms with E-state index in [4.69, 9.17) is 17.0 Å². The summed E-state index contributed by atoms with van der Waals surface area (Å²) < 4.78 is 7.96. The van der Waals surface area contributed by atoms with E-state index in [1.165, 1.54) is 17.0 Å². The first-order chi connectivity index (χ1) is 15.1. The van der Waals surface area contributed by atoms with E-state index in [1.54, 1.807) is 0 Å². The molecule has 31 heavy (non-hydrogen) atoms. The molecule has 1 N–H and O–H groups in total. The van der Waals surface area contributed by atoms with Crippen molar-refractivity contribution in [3.63, 3.8) is 0 Å². The summed E-state index contributed by atoms with van der Waals surface area (Å²) in [6.45, 7) is 13.7. The third kappa shape index (κ3) is 4.78. The van der Waals surface area contributed by atoms with Gasteiger partial charge in [0.1, 0.15) is 0 Å². The Hall–Kier alpha value is -1.96. The smallest absolute Gasteiger partial charge is 0.170 e. The predicted molar refractivity (Wildman–Crippen MR) is 128 cm³/mol. The van der Waals surface area contributed by atoms with E-state index in [0.717, 1.165) is 69.6 Å². The van der Waals surface area contributed by atoms with Gasteiger partial charge in [-0.3, -0.25) is 9.88 Å². The van der Waals surface area contributed by atoms with Crippen molar-refractivity contribution >= 4 is 17.3 Å². The van der Waals surface area contributed by atoms with Gasteiger partial charge in [-0.1, -0.05) is 13.0 Å². The maximum atomic E-state index is 5.75. The number of thiocarbonyl (C=S) groups is 1. The number of pyridine rings is 1. The number of rotatable bonds is 8. The summed E-state index contributed by atoms with van der Waals surface area (Å²) in [5.74, 6) is 0. The molecule has 0 aromatic carbocycles. The largest absolute Gasteiger partial charge is 0.379 e. The van der Waals surface area contributed by atoms with Gasteiger partial charge in [0.25, 0.3) is 0 Å². The molecule has 2 aliphatic rings. The summed E-state index contributed by atoms with van der Waals surface area (Å²) in [5.41, 5.74) is 5.08. The molecule has 0 unspecified atom stereocenters. The first-order valence-corrected chi connectivity index (χ1v) is 12.0. The lowest BCUT2D eigenvalue weighted by atomic mass is 9.96. The number of aromatic nitrogens is 2. The van der Waals surface area contributed by atoms with Crippen molar-refractivity contribution in [1.29, 1.82) is 0 Å². The molecule has 2 saturated heterocycles. The Labute approximate surface area is 191 Å². The molecule has 2 aromatic rings. The predicted octanol–water partition coefficient (Wildman–Crippen LogP) is 3.60. The molecule has 0 amide bonds. The molecule has 168 valence electrons. The van der Waals surface area contributed by atoms with Crippen LogP contribution < -0.4 is 5.32 Å². The van der Waals surface area contributed by atoms with Crippen LogP contribution in [0.5, 0.6) is 0 Å². The topological polar surface area (TPSA) is 45.6 Å². The molecule has 4 rings (SSSR count). The molecule has 2 aromatic heterocycles. The Morgan fingerprint density at radius 3 is 2.68 bits per heavy atom. The fraction of sp³-hybridized carbons (Fsp3) is 0.583. The monoisotopic (exact) mass is 441 g/mol. The van der Waals surface area contributed by atoms with E-state index in [1.807, 2.05) is 12.3 Å². The standard InChI is InChI=1S/C24H35N5OS/c1-4-10-29-23(22(26-24(29)31)21-8-5-6-9-25-21)20-17-18(2)28(19(20)3)12-7-11-27-13-15-30-16-14-27/h5-6,8-9,17,22-23H,4,7,10-16H2,1-3H3,(H,26,31)/t22-,23+/m0/s1. The van der Waals surface area contributed by atoms with Crippen LogP contribution in [0.3, 0.4) is 0 Å². The van der Waals surface area contributed by atoms with Crippen molar-refractivity contribution in [2.75, 3.05) is 39.4 Å². The van der Waals surface area contributed by atoms with Crippen molar-refractivity contribution in [1.82, 2.24) is 24.7 Å². The van der Waals surface area contributed by atoms with Crippen LogP contribution in [-0.4, -0.2) is 63.9 Å². The highest BCUT2D eigenvalue weighted by molar-refractivity contribution is 7.80. The molecule has 2 fully saturated rings.